The molecule has 0 aliphatic carbocycles. The van der Waals surface area contributed by atoms with Crippen LogP contribution in [-0.2, 0) is 16.6 Å². The molecule has 142 valence electrons. The van der Waals surface area contributed by atoms with Gasteiger partial charge in [0.2, 0.25) is 15.9 Å². The minimum Gasteiger partial charge on any atom is -0.444 e. The van der Waals surface area contributed by atoms with Crippen LogP contribution >= 0.6 is 0 Å². The fourth-order valence-electron chi connectivity index (χ4n) is 3.35. The van der Waals surface area contributed by atoms with Crippen molar-refractivity contribution in [1.29, 1.82) is 0 Å². The molecule has 0 spiro atoms. The highest BCUT2D eigenvalue weighted by Gasteiger charge is 2.23. The Balaban J connectivity index is 1.63. The van der Waals surface area contributed by atoms with Gasteiger partial charge in [-0.05, 0) is 44.0 Å². The molecule has 1 saturated heterocycles. The van der Waals surface area contributed by atoms with Crippen LogP contribution in [0.1, 0.15) is 31.4 Å². The third kappa shape index (κ3) is 5.36. The molecule has 0 radical (unpaired) electrons. The summed E-state index contributed by atoms with van der Waals surface area (Å²) in [6, 6.07) is 6.49. The van der Waals surface area contributed by atoms with Gasteiger partial charge in [-0.1, -0.05) is 12.5 Å². The van der Waals surface area contributed by atoms with Crippen molar-refractivity contribution in [2.24, 2.45) is 0 Å². The van der Waals surface area contributed by atoms with Gasteiger partial charge in [0.1, 0.15) is 12.1 Å². The van der Waals surface area contributed by atoms with Gasteiger partial charge >= 0.3 is 0 Å². The lowest BCUT2D eigenvalue weighted by Crippen LogP contribution is -2.41. The highest BCUT2D eigenvalue weighted by Crippen LogP contribution is 2.24. The number of benzene rings is 1. The Morgan fingerprint density at radius 3 is 3.00 bits per heavy atom. The van der Waals surface area contributed by atoms with Gasteiger partial charge in [0.25, 0.3) is 0 Å². The molecule has 0 amide bonds. The van der Waals surface area contributed by atoms with E-state index in [1.165, 1.54) is 18.4 Å². The SMILES string of the molecule is CS(=O)(=O)NCCC1CCCCN1Cc1coc(-c2cccc(F)c2)n1. The number of hydrogen-bond acceptors (Lipinski definition) is 5. The Morgan fingerprint density at radius 1 is 1.38 bits per heavy atom. The third-order valence-corrected chi connectivity index (χ3v) is 5.31. The van der Waals surface area contributed by atoms with Crippen molar-refractivity contribution in [2.45, 2.75) is 38.3 Å². The molecule has 2 aromatic rings. The van der Waals surface area contributed by atoms with Gasteiger partial charge in [-0.15, -0.1) is 0 Å². The van der Waals surface area contributed by atoms with Crippen molar-refractivity contribution in [3.05, 3.63) is 42.0 Å². The molecule has 0 saturated carbocycles. The first-order chi connectivity index (χ1) is 12.4. The van der Waals surface area contributed by atoms with Crippen LogP contribution in [0, 0.1) is 5.82 Å². The van der Waals surface area contributed by atoms with Crippen LogP contribution in [0.15, 0.2) is 34.9 Å². The van der Waals surface area contributed by atoms with Crippen molar-refractivity contribution in [1.82, 2.24) is 14.6 Å². The van der Waals surface area contributed by atoms with E-state index in [0.717, 1.165) is 37.9 Å². The van der Waals surface area contributed by atoms with Crippen LogP contribution in [0.5, 0.6) is 0 Å². The monoisotopic (exact) mass is 381 g/mol. The van der Waals surface area contributed by atoms with Gasteiger partial charge < -0.3 is 4.42 Å². The quantitative estimate of drug-likeness (QED) is 0.798. The molecule has 1 unspecified atom stereocenters. The van der Waals surface area contributed by atoms with Gasteiger partial charge in [-0.3, -0.25) is 4.90 Å². The molecule has 1 atom stereocenters. The van der Waals surface area contributed by atoms with E-state index in [4.69, 9.17) is 4.42 Å². The first-order valence-electron chi connectivity index (χ1n) is 8.80. The van der Waals surface area contributed by atoms with Crippen LogP contribution in [-0.4, -0.2) is 43.7 Å². The number of nitrogens with zero attached hydrogens (tertiary/aromatic N) is 2. The Morgan fingerprint density at radius 2 is 2.23 bits per heavy atom. The zero-order valence-corrected chi connectivity index (χ0v) is 15.6. The Labute approximate surface area is 153 Å². The molecule has 1 fully saturated rings. The Kier molecular flexibility index (Phi) is 6.05. The number of nitrogens with one attached hydrogen (secondary N) is 1. The van der Waals surface area contributed by atoms with E-state index >= 15 is 0 Å². The van der Waals surface area contributed by atoms with Crippen LogP contribution < -0.4 is 4.72 Å². The molecule has 1 N–H and O–H groups in total. The summed E-state index contributed by atoms with van der Waals surface area (Å²) in [4.78, 5) is 6.80. The summed E-state index contributed by atoms with van der Waals surface area (Å²) in [6.07, 6.45) is 6.86. The Bertz CT molecular complexity index is 838. The fourth-order valence-corrected chi connectivity index (χ4v) is 3.84. The second-order valence-electron chi connectivity index (χ2n) is 6.73. The number of rotatable bonds is 7. The van der Waals surface area contributed by atoms with Crippen LogP contribution in [0.4, 0.5) is 4.39 Å². The van der Waals surface area contributed by atoms with Crippen molar-refractivity contribution in [2.75, 3.05) is 19.3 Å². The van der Waals surface area contributed by atoms with E-state index in [-0.39, 0.29) is 5.82 Å². The molecule has 1 aromatic carbocycles. The fraction of sp³-hybridized carbons (Fsp3) is 0.500. The smallest absolute Gasteiger partial charge is 0.226 e. The van der Waals surface area contributed by atoms with Crippen LogP contribution in [0.2, 0.25) is 0 Å². The van der Waals surface area contributed by atoms with Gasteiger partial charge in [0, 0.05) is 24.7 Å². The van der Waals surface area contributed by atoms with Crippen molar-refractivity contribution in [3.63, 3.8) is 0 Å². The highest BCUT2D eigenvalue weighted by atomic mass is 32.2. The van der Waals surface area contributed by atoms with E-state index in [1.54, 1.807) is 18.4 Å². The molecule has 1 aliphatic rings. The lowest BCUT2D eigenvalue weighted by atomic mass is 9.99. The van der Waals surface area contributed by atoms with Gasteiger partial charge in [-0.2, -0.15) is 0 Å². The largest absolute Gasteiger partial charge is 0.444 e. The van der Waals surface area contributed by atoms with Gasteiger partial charge in [0.05, 0.1) is 11.9 Å². The molecular formula is C18H24FN3O3S. The summed E-state index contributed by atoms with van der Waals surface area (Å²) in [5.41, 5.74) is 1.41. The minimum absolute atomic E-state index is 0.312. The average Bonchev–Trinajstić information content (AvgIpc) is 3.04. The summed E-state index contributed by atoms with van der Waals surface area (Å²) in [7, 11) is -3.16. The summed E-state index contributed by atoms with van der Waals surface area (Å²) in [6.45, 7) is 2.03. The topological polar surface area (TPSA) is 75.4 Å². The van der Waals surface area contributed by atoms with E-state index < -0.39 is 10.0 Å². The molecule has 3 rings (SSSR count). The normalized spacial score (nSPS) is 18.9. The molecule has 2 heterocycles. The van der Waals surface area contributed by atoms with E-state index in [9.17, 15) is 12.8 Å². The lowest BCUT2D eigenvalue weighted by Gasteiger charge is -2.35. The second-order valence-corrected chi connectivity index (χ2v) is 8.56. The second kappa shape index (κ2) is 8.28. The van der Waals surface area contributed by atoms with E-state index in [0.29, 0.717) is 30.6 Å². The lowest BCUT2D eigenvalue weighted by molar-refractivity contribution is 0.131. The zero-order chi connectivity index (χ0) is 18.6. The predicted molar refractivity (Wildman–Crippen MR) is 97.4 cm³/mol. The molecular weight excluding hydrogens is 357 g/mol. The highest BCUT2D eigenvalue weighted by molar-refractivity contribution is 7.88. The van der Waals surface area contributed by atoms with Crippen molar-refractivity contribution in [3.8, 4) is 11.5 Å². The number of aromatic nitrogens is 1. The predicted octanol–water partition coefficient (Wildman–Crippen LogP) is 2.77. The molecule has 1 aromatic heterocycles. The molecule has 8 heteroatoms. The van der Waals surface area contributed by atoms with Crippen molar-refractivity contribution >= 4 is 10.0 Å². The first kappa shape index (κ1) is 19.0. The summed E-state index contributed by atoms with van der Waals surface area (Å²) in [5, 5.41) is 0. The average molecular weight is 381 g/mol. The van der Waals surface area contributed by atoms with Gasteiger partial charge in [-0.25, -0.2) is 22.5 Å². The molecule has 0 bridgehead atoms. The molecule has 1 aliphatic heterocycles. The number of oxazole rings is 1. The maximum atomic E-state index is 13.4. The number of likely N-dealkylation sites (tertiary alicyclic amines) is 1. The van der Waals surface area contributed by atoms with Gasteiger partial charge in [0.15, 0.2) is 0 Å². The number of sulfonamides is 1. The molecule has 6 nitrogen and oxygen atoms in total. The number of piperidine rings is 1. The standard InChI is InChI=1S/C18H24FN3O3S/c1-26(23,24)20-9-8-17-7-2-3-10-22(17)12-16-13-25-18(21-16)14-5-4-6-15(19)11-14/h4-6,11,13,17,20H,2-3,7-10,12H2,1H3. The zero-order valence-electron chi connectivity index (χ0n) is 14.8. The minimum atomic E-state index is -3.16. The van der Waals surface area contributed by atoms with E-state index in [1.807, 2.05) is 0 Å². The molecule has 26 heavy (non-hydrogen) atoms. The van der Waals surface area contributed by atoms with Crippen molar-refractivity contribution < 1.29 is 17.2 Å². The number of halogens is 1. The summed E-state index contributed by atoms with van der Waals surface area (Å²) >= 11 is 0. The maximum absolute atomic E-state index is 13.4. The summed E-state index contributed by atoms with van der Waals surface area (Å²) in [5.74, 6) is 0.0866. The van der Waals surface area contributed by atoms with Crippen LogP contribution in [0.25, 0.3) is 11.5 Å². The summed E-state index contributed by atoms with van der Waals surface area (Å²) < 4.78 is 43.9. The van der Waals surface area contributed by atoms with E-state index in [2.05, 4.69) is 14.6 Å². The van der Waals surface area contributed by atoms with Crippen LogP contribution in [0.3, 0.4) is 0 Å². The maximum Gasteiger partial charge on any atom is 0.226 e. The number of hydrogen-bond donors (Lipinski definition) is 1. The third-order valence-electron chi connectivity index (χ3n) is 4.58. The Hall–Kier alpha value is -1.77. The first-order valence-corrected chi connectivity index (χ1v) is 10.7.